The van der Waals surface area contributed by atoms with Gasteiger partial charge in [-0.3, -0.25) is 4.79 Å². The molecule has 1 aliphatic heterocycles. The number of anilines is 1. The number of benzene rings is 2. The summed E-state index contributed by atoms with van der Waals surface area (Å²) < 4.78 is 0. The van der Waals surface area contributed by atoms with Gasteiger partial charge >= 0.3 is 0 Å². The fraction of sp³-hybridized carbons (Fsp3) is 0.280. The second-order valence-electron chi connectivity index (χ2n) is 7.58. The highest BCUT2D eigenvalue weighted by atomic mass is 16.1. The van der Waals surface area contributed by atoms with E-state index in [-0.39, 0.29) is 5.78 Å². The molecule has 1 N–H and O–H groups in total. The predicted molar refractivity (Wildman–Crippen MR) is 113 cm³/mol. The third-order valence-electron chi connectivity index (χ3n) is 5.72. The summed E-state index contributed by atoms with van der Waals surface area (Å²) in [6, 6.07) is 17.1. The van der Waals surface area contributed by atoms with Crippen LogP contribution in [0.1, 0.15) is 43.2 Å². The lowest BCUT2D eigenvalue weighted by Crippen LogP contribution is -2.32. The normalized spacial score (nSPS) is 19.9. The molecule has 1 saturated carbocycles. The molecule has 4 rings (SSSR count). The van der Waals surface area contributed by atoms with Crippen LogP contribution in [0.2, 0.25) is 0 Å². The van der Waals surface area contributed by atoms with Crippen LogP contribution in [0.4, 0.5) is 5.69 Å². The van der Waals surface area contributed by atoms with Crippen molar-refractivity contribution >= 4 is 23.3 Å². The lowest BCUT2D eigenvalue weighted by Gasteiger charge is -2.28. The van der Waals surface area contributed by atoms with Gasteiger partial charge in [-0.1, -0.05) is 73.9 Å². The topological polar surface area (TPSA) is 46.2 Å². The van der Waals surface area contributed by atoms with Crippen LogP contribution < -0.4 is 5.32 Å². The Bertz CT molecular complexity index is 921. The van der Waals surface area contributed by atoms with E-state index < -0.39 is 6.04 Å². The maximum atomic E-state index is 13.3. The highest BCUT2D eigenvalue weighted by Crippen LogP contribution is 2.38. The summed E-state index contributed by atoms with van der Waals surface area (Å²) in [4.78, 5) is 25.2. The highest BCUT2D eigenvalue weighted by molar-refractivity contribution is 6.17. The fourth-order valence-corrected chi connectivity index (χ4v) is 4.30. The van der Waals surface area contributed by atoms with Crippen LogP contribution in [0.5, 0.6) is 0 Å². The van der Waals surface area contributed by atoms with E-state index in [1.807, 2.05) is 54.6 Å². The third kappa shape index (κ3) is 3.70. The van der Waals surface area contributed by atoms with Gasteiger partial charge in [-0.05, 0) is 36.5 Å². The average Bonchev–Trinajstić information content (AvgIpc) is 2.77. The Morgan fingerprint density at radius 2 is 1.64 bits per heavy atom. The summed E-state index contributed by atoms with van der Waals surface area (Å²) >= 11 is 0. The molecule has 1 aliphatic carbocycles. The zero-order valence-electron chi connectivity index (χ0n) is 15.9. The number of hydrogen-bond acceptors (Lipinski definition) is 3. The van der Waals surface area contributed by atoms with Crippen LogP contribution >= 0.6 is 0 Å². The Balaban J connectivity index is 1.80. The number of fused-ring (bicyclic) bond motifs is 1. The SMILES string of the molecule is O=CC1Nc2ccccc2C(c2ccccc2)=C1C(=O)/C=C/C1CCCCC1. The number of para-hydroxylation sites is 1. The van der Waals surface area contributed by atoms with Crippen molar-refractivity contribution in [3.8, 4) is 0 Å². The van der Waals surface area contributed by atoms with E-state index in [0.717, 1.165) is 41.5 Å². The van der Waals surface area contributed by atoms with Gasteiger partial charge in [-0.25, -0.2) is 0 Å². The molecule has 1 atom stereocenters. The van der Waals surface area contributed by atoms with Gasteiger partial charge < -0.3 is 10.1 Å². The predicted octanol–water partition coefficient (Wildman–Crippen LogP) is 5.19. The summed E-state index contributed by atoms with van der Waals surface area (Å²) in [5, 5.41) is 3.23. The minimum Gasteiger partial charge on any atom is -0.371 e. The van der Waals surface area contributed by atoms with Crippen molar-refractivity contribution in [2.24, 2.45) is 5.92 Å². The van der Waals surface area contributed by atoms with Crippen molar-refractivity contribution in [2.75, 3.05) is 5.32 Å². The summed E-state index contributed by atoms with van der Waals surface area (Å²) in [5.41, 5.74) is 4.18. The van der Waals surface area contributed by atoms with E-state index >= 15 is 0 Å². The van der Waals surface area contributed by atoms with E-state index in [1.165, 1.54) is 19.3 Å². The van der Waals surface area contributed by atoms with Crippen LogP contribution in [0.15, 0.2) is 72.3 Å². The minimum atomic E-state index is -0.645. The number of carbonyl (C=O) groups is 2. The molecule has 2 aromatic carbocycles. The maximum Gasteiger partial charge on any atom is 0.184 e. The van der Waals surface area contributed by atoms with Crippen molar-refractivity contribution in [3.05, 3.63) is 83.4 Å². The number of rotatable bonds is 5. The summed E-state index contributed by atoms with van der Waals surface area (Å²) in [6.45, 7) is 0. The molecule has 0 spiro atoms. The van der Waals surface area contributed by atoms with Gasteiger partial charge in [0.05, 0.1) is 0 Å². The standard InChI is InChI=1S/C25H25NO2/c27-17-22-25(23(28)16-15-18-9-3-1-4-10-18)24(19-11-5-2-6-12-19)20-13-7-8-14-21(20)26-22/h2,5-8,11-18,22,26H,1,3-4,9-10H2/b16-15+. The lowest BCUT2D eigenvalue weighted by atomic mass is 9.83. The van der Waals surface area contributed by atoms with Gasteiger partial charge in [0, 0.05) is 22.4 Å². The Labute approximate surface area is 166 Å². The van der Waals surface area contributed by atoms with E-state index in [9.17, 15) is 9.59 Å². The van der Waals surface area contributed by atoms with Gasteiger partial charge in [0.15, 0.2) is 5.78 Å². The molecular weight excluding hydrogens is 346 g/mol. The van der Waals surface area contributed by atoms with E-state index in [0.29, 0.717) is 11.5 Å². The number of aldehydes is 1. The third-order valence-corrected chi connectivity index (χ3v) is 5.72. The minimum absolute atomic E-state index is 0.0801. The lowest BCUT2D eigenvalue weighted by molar-refractivity contribution is -0.113. The molecule has 1 heterocycles. The number of nitrogens with one attached hydrogen (secondary N) is 1. The second-order valence-corrected chi connectivity index (χ2v) is 7.58. The fourth-order valence-electron chi connectivity index (χ4n) is 4.30. The summed E-state index contributed by atoms with van der Waals surface area (Å²) in [7, 11) is 0. The van der Waals surface area contributed by atoms with Gasteiger partial charge in [0.1, 0.15) is 12.3 Å². The first-order valence-corrected chi connectivity index (χ1v) is 10.1. The molecule has 2 aliphatic rings. The van der Waals surface area contributed by atoms with Crippen LogP contribution in [-0.2, 0) is 9.59 Å². The Morgan fingerprint density at radius 1 is 0.929 bits per heavy atom. The van der Waals surface area contributed by atoms with Crippen molar-refractivity contribution in [1.82, 2.24) is 0 Å². The van der Waals surface area contributed by atoms with Gasteiger partial charge in [-0.2, -0.15) is 0 Å². The second kappa shape index (κ2) is 8.39. The molecular formula is C25H25NO2. The van der Waals surface area contributed by atoms with Crippen LogP contribution in [-0.4, -0.2) is 18.1 Å². The number of allylic oxidation sites excluding steroid dienone is 2. The molecule has 2 aromatic rings. The molecule has 0 saturated heterocycles. The van der Waals surface area contributed by atoms with Crippen LogP contribution in [0.25, 0.3) is 5.57 Å². The molecule has 1 unspecified atom stereocenters. The number of hydrogen-bond donors (Lipinski definition) is 1. The Kier molecular flexibility index (Phi) is 5.52. The van der Waals surface area contributed by atoms with Crippen molar-refractivity contribution in [1.29, 1.82) is 0 Å². The van der Waals surface area contributed by atoms with Gasteiger partial charge in [0.2, 0.25) is 0 Å². The first-order chi connectivity index (χ1) is 13.8. The average molecular weight is 371 g/mol. The highest BCUT2D eigenvalue weighted by Gasteiger charge is 2.30. The van der Waals surface area contributed by atoms with Crippen molar-refractivity contribution in [2.45, 2.75) is 38.1 Å². The largest absolute Gasteiger partial charge is 0.371 e. The van der Waals surface area contributed by atoms with Crippen molar-refractivity contribution in [3.63, 3.8) is 0 Å². The van der Waals surface area contributed by atoms with Gasteiger partial charge in [-0.15, -0.1) is 0 Å². The Hall–Kier alpha value is -2.94. The molecule has 3 nitrogen and oxygen atoms in total. The van der Waals surface area contributed by atoms with Crippen LogP contribution in [0, 0.1) is 5.92 Å². The van der Waals surface area contributed by atoms with E-state index in [4.69, 9.17) is 0 Å². The first kappa shape index (κ1) is 18.4. The Morgan fingerprint density at radius 3 is 2.39 bits per heavy atom. The summed E-state index contributed by atoms with van der Waals surface area (Å²) in [5.74, 6) is 0.389. The summed E-state index contributed by atoms with van der Waals surface area (Å²) in [6.07, 6.45) is 10.6. The maximum absolute atomic E-state index is 13.3. The molecule has 0 bridgehead atoms. The zero-order valence-corrected chi connectivity index (χ0v) is 15.9. The van der Waals surface area contributed by atoms with E-state index in [2.05, 4.69) is 11.4 Å². The molecule has 0 aromatic heterocycles. The van der Waals surface area contributed by atoms with Crippen LogP contribution in [0.3, 0.4) is 0 Å². The molecule has 3 heteroatoms. The number of ketones is 1. The quantitative estimate of drug-likeness (QED) is 0.581. The molecule has 0 radical (unpaired) electrons. The zero-order chi connectivity index (χ0) is 19.3. The van der Waals surface area contributed by atoms with Gasteiger partial charge in [0.25, 0.3) is 0 Å². The molecule has 0 amide bonds. The molecule has 1 fully saturated rings. The van der Waals surface area contributed by atoms with E-state index in [1.54, 1.807) is 6.08 Å². The first-order valence-electron chi connectivity index (χ1n) is 10.1. The smallest absolute Gasteiger partial charge is 0.184 e. The molecule has 28 heavy (non-hydrogen) atoms. The molecule has 142 valence electrons. The van der Waals surface area contributed by atoms with Crippen molar-refractivity contribution < 1.29 is 9.59 Å². The monoisotopic (exact) mass is 371 g/mol. The number of carbonyl (C=O) groups excluding carboxylic acids is 2.